The van der Waals surface area contributed by atoms with Crippen molar-refractivity contribution in [2.45, 2.75) is 12.3 Å². The van der Waals surface area contributed by atoms with Crippen LogP contribution in [0.1, 0.15) is 17.0 Å². The minimum Gasteiger partial charge on any atom is -0.508 e. The number of phenolic OH excluding ortho intramolecular Hbond substituents is 3. The third kappa shape index (κ3) is 3.41. The summed E-state index contributed by atoms with van der Waals surface area (Å²) < 4.78 is 0. The predicted molar refractivity (Wildman–Crippen MR) is 78.1 cm³/mol. The number of halogens is 1. The van der Waals surface area contributed by atoms with Crippen molar-refractivity contribution < 1.29 is 15.3 Å². The Bertz CT molecular complexity index is 552. The summed E-state index contributed by atoms with van der Waals surface area (Å²) in [7, 11) is 0. The van der Waals surface area contributed by atoms with E-state index in [0.29, 0.717) is 6.42 Å². The van der Waals surface area contributed by atoms with Gasteiger partial charge in [0.25, 0.3) is 0 Å². The lowest BCUT2D eigenvalue weighted by Gasteiger charge is -2.15. The highest BCUT2D eigenvalue weighted by atomic mass is 79.9. The molecule has 4 heteroatoms. The molecule has 0 radical (unpaired) electrons. The van der Waals surface area contributed by atoms with Crippen molar-refractivity contribution in [2.24, 2.45) is 0 Å². The lowest BCUT2D eigenvalue weighted by Crippen LogP contribution is -2.04. The Hall–Kier alpha value is -1.68. The van der Waals surface area contributed by atoms with Crippen molar-refractivity contribution in [3.8, 4) is 17.2 Å². The molecule has 0 aliphatic rings. The number of benzene rings is 2. The SMILES string of the molecule is Oc1ccc(C(CBr)Cc2ccc(O)cc2O)cc1. The number of phenols is 3. The zero-order chi connectivity index (χ0) is 13.8. The van der Waals surface area contributed by atoms with Gasteiger partial charge in [-0.2, -0.15) is 0 Å². The summed E-state index contributed by atoms with van der Waals surface area (Å²) >= 11 is 3.47. The lowest BCUT2D eigenvalue weighted by atomic mass is 9.93. The summed E-state index contributed by atoms with van der Waals surface area (Å²) in [5.41, 5.74) is 1.87. The van der Waals surface area contributed by atoms with Crippen molar-refractivity contribution in [3.63, 3.8) is 0 Å². The maximum absolute atomic E-state index is 9.81. The molecule has 0 saturated heterocycles. The Morgan fingerprint density at radius 1 is 0.895 bits per heavy atom. The Labute approximate surface area is 120 Å². The standard InChI is InChI=1S/C15H15BrO3/c16-9-12(10-1-4-13(17)5-2-10)7-11-3-6-14(18)8-15(11)19/h1-6,8,12,17-19H,7,9H2. The van der Waals surface area contributed by atoms with Gasteiger partial charge in [-0.3, -0.25) is 0 Å². The molecule has 2 rings (SSSR count). The number of hydrogen-bond acceptors (Lipinski definition) is 3. The molecule has 0 aliphatic heterocycles. The molecule has 1 atom stereocenters. The van der Waals surface area contributed by atoms with E-state index in [2.05, 4.69) is 15.9 Å². The van der Waals surface area contributed by atoms with E-state index >= 15 is 0 Å². The molecular weight excluding hydrogens is 308 g/mol. The van der Waals surface area contributed by atoms with Gasteiger partial charge in [-0.1, -0.05) is 34.1 Å². The van der Waals surface area contributed by atoms with Crippen molar-refractivity contribution in [1.29, 1.82) is 0 Å². The van der Waals surface area contributed by atoms with E-state index < -0.39 is 0 Å². The molecule has 0 spiro atoms. The minimum atomic E-state index is 0.0567. The Balaban J connectivity index is 2.21. The second-order valence-corrected chi connectivity index (χ2v) is 5.11. The molecule has 2 aromatic rings. The van der Waals surface area contributed by atoms with Crippen molar-refractivity contribution in [2.75, 3.05) is 5.33 Å². The number of rotatable bonds is 4. The number of hydrogen-bond donors (Lipinski definition) is 3. The van der Waals surface area contributed by atoms with Crippen LogP contribution in [0.25, 0.3) is 0 Å². The van der Waals surface area contributed by atoms with E-state index in [9.17, 15) is 15.3 Å². The van der Waals surface area contributed by atoms with Gasteiger partial charge in [-0.25, -0.2) is 0 Å². The van der Waals surface area contributed by atoms with Crippen LogP contribution >= 0.6 is 15.9 Å². The molecule has 3 nitrogen and oxygen atoms in total. The number of alkyl halides is 1. The largest absolute Gasteiger partial charge is 0.508 e. The Kier molecular flexibility index (Phi) is 4.32. The van der Waals surface area contributed by atoms with Gasteiger partial charge in [0.05, 0.1) is 0 Å². The third-order valence-corrected chi connectivity index (χ3v) is 3.87. The summed E-state index contributed by atoms with van der Waals surface area (Å²) in [6.45, 7) is 0. The predicted octanol–water partition coefficient (Wildman–Crippen LogP) is 3.52. The maximum atomic E-state index is 9.81. The van der Waals surface area contributed by atoms with E-state index in [1.54, 1.807) is 24.3 Å². The topological polar surface area (TPSA) is 60.7 Å². The second kappa shape index (κ2) is 5.97. The Morgan fingerprint density at radius 2 is 1.53 bits per heavy atom. The third-order valence-electron chi connectivity index (χ3n) is 3.09. The van der Waals surface area contributed by atoms with E-state index in [-0.39, 0.29) is 23.2 Å². The van der Waals surface area contributed by atoms with Crippen LogP contribution in [0, 0.1) is 0 Å². The van der Waals surface area contributed by atoms with Crippen LogP contribution in [0.5, 0.6) is 17.2 Å². The molecule has 0 aliphatic carbocycles. The van der Waals surface area contributed by atoms with Gasteiger partial charge in [0.15, 0.2) is 0 Å². The fourth-order valence-electron chi connectivity index (χ4n) is 2.00. The minimum absolute atomic E-state index is 0.0567. The normalized spacial score (nSPS) is 12.3. The van der Waals surface area contributed by atoms with Crippen LogP contribution in [0.3, 0.4) is 0 Å². The van der Waals surface area contributed by atoms with Crippen LogP contribution in [0.4, 0.5) is 0 Å². The fourth-order valence-corrected chi connectivity index (χ4v) is 2.60. The summed E-state index contributed by atoms with van der Waals surface area (Å²) in [5, 5.41) is 29.1. The molecule has 0 amide bonds. The monoisotopic (exact) mass is 322 g/mol. The molecule has 2 aromatic carbocycles. The first-order valence-electron chi connectivity index (χ1n) is 5.96. The van der Waals surface area contributed by atoms with E-state index in [1.807, 2.05) is 12.1 Å². The van der Waals surface area contributed by atoms with Crippen LogP contribution in [-0.2, 0) is 6.42 Å². The van der Waals surface area contributed by atoms with Gasteiger partial charge >= 0.3 is 0 Å². The zero-order valence-electron chi connectivity index (χ0n) is 10.3. The van der Waals surface area contributed by atoms with Crippen molar-refractivity contribution >= 4 is 15.9 Å². The maximum Gasteiger partial charge on any atom is 0.122 e. The van der Waals surface area contributed by atoms with Gasteiger partial charge in [0, 0.05) is 11.4 Å². The molecule has 0 aromatic heterocycles. The summed E-state index contributed by atoms with van der Waals surface area (Å²) in [5.74, 6) is 0.589. The van der Waals surface area contributed by atoms with Crippen LogP contribution in [0.2, 0.25) is 0 Å². The van der Waals surface area contributed by atoms with Crippen LogP contribution in [0.15, 0.2) is 42.5 Å². The van der Waals surface area contributed by atoms with Gasteiger partial charge < -0.3 is 15.3 Å². The fraction of sp³-hybridized carbons (Fsp3) is 0.200. The first-order chi connectivity index (χ1) is 9.10. The Morgan fingerprint density at radius 3 is 2.11 bits per heavy atom. The van der Waals surface area contributed by atoms with Gasteiger partial charge in [0.2, 0.25) is 0 Å². The molecule has 0 bridgehead atoms. The summed E-state index contributed by atoms with van der Waals surface area (Å²) in [6, 6.07) is 11.7. The zero-order valence-corrected chi connectivity index (χ0v) is 11.8. The molecule has 100 valence electrons. The van der Waals surface area contributed by atoms with E-state index in [0.717, 1.165) is 16.5 Å². The average molecular weight is 323 g/mol. The van der Waals surface area contributed by atoms with Crippen LogP contribution in [-0.4, -0.2) is 20.6 Å². The quantitative estimate of drug-likeness (QED) is 0.755. The molecule has 0 fully saturated rings. The summed E-state index contributed by atoms with van der Waals surface area (Å²) in [4.78, 5) is 0. The van der Waals surface area contributed by atoms with E-state index in [4.69, 9.17) is 0 Å². The first-order valence-corrected chi connectivity index (χ1v) is 7.08. The first kappa shape index (κ1) is 13.7. The molecule has 0 saturated carbocycles. The highest BCUT2D eigenvalue weighted by molar-refractivity contribution is 9.09. The average Bonchev–Trinajstić information content (AvgIpc) is 2.39. The van der Waals surface area contributed by atoms with Gasteiger partial charge in [-0.05, 0) is 41.7 Å². The summed E-state index contributed by atoms with van der Waals surface area (Å²) in [6.07, 6.45) is 0.655. The van der Waals surface area contributed by atoms with Crippen LogP contribution < -0.4 is 0 Å². The van der Waals surface area contributed by atoms with Gasteiger partial charge in [-0.15, -0.1) is 0 Å². The lowest BCUT2D eigenvalue weighted by molar-refractivity contribution is 0.444. The highest BCUT2D eigenvalue weighted by Crippen LogP contribution is 2.30. The number of aromatic hydroxyl groups is 3. The molecule has 0 heterocycles. The van der Waals surface area contributed by atoms with Crippen molar-refractivity contribution in [3.05, 3.63) is 53.6 Å². The van der Waals surface area contributed by atoms with Gasteiger partial charge in [0.1, 0.15) is 17.2 Å². The molecule has 3 N–H and O–H groups in total. The second-order valence-electron chi connectivity index (χ2n) is 4.46. The molecular formula is C15H15BrO3. The molecule has 19 heavy (non-hydrogen) atoms. The smallest absolute Gasteiger partial charge is 0.122 e. The molecule has 1 unspecified atom stereocenters. The highest BCUT2D eigenvalue weighted by Gasteiger charge is 2.13. The van der Waals surface area contributed by atoms with E-state index in [1.165, 1.54) is 6.07 Å². The van der Waals surface area contributed by atoms with Crippen molar-refractivity contribution in [1.82, 2.24) is 0 Å².